The minimum Gasteiger partial charge on any atom is -0.483 e. The summed E-state index contributed by atoms with van der Waals surface area (Å²) in [6, 6.07) is 7.41. The van der Waals surface area contributed by atoms with Crippen LogP contribution in [0.25, 0.3) is 0 Å². The van der Waals surface area contributed by atoms with Crippen LogP contribution in [-0.4, -0.2) is 59.8 Å². The predicted molar refractivity (Wildman–Crippen MR) is 81.9 cm³/mol. The second kappa shape index (κ2) is 30.9. The highest BCUT2D eigenvalue weighted by Crippen LogP contribution is 1.73. The van der Waals surface area contributed by atoms with E-state index in [2.05, 4.69) is 4.98 Å². The van der Waals surface area contributed by atoms with Gasteiger partial charge in [0.2, 0.25) is 6.41 Å². The minimum atomic E-state index is -0.500. The summed E-state index contributed by atoms with van der Waals surface area (Å²) in [5.41, 5.74) is 0. The number of hydrogen-bond acceptors (Lipinski definition) is 6. The van der Waals surface area contributed by atoms with Crippen molar-refractivity contribution >= 4 is 24.5 Å². The lowest BCUT2D eigenvalue weighted by atomic mass is 10.5. The van der Waals surface area contributed by atoms with Crippen LogP contribution in [0, 0.1) is 21.4 Å². The van der Waals surface area contributed by atoms with Crippen LogP contribution in [0.3, 0.4) is 0 Å². The van der Waals surface area contributed by atoms with Gasteiger partial charge in [-0.3, -0.25) is 24.7 Å². The first-order chi connectivity index (χ1) is 10.3. The van der Waals surface area contributed by atoms with Crippen molar-refractivity contribution in [3.05, 3.63) is 40.7 Å². The zero-order valence-corrected chi connectivity index (χ0v) is 13.3. The Bertz CT molecular complexity index is 354. The number of carbonyl (C=O) groups is 2. The van der Waals surface area contributed by atoms with Gasteiger partial charge in [-0.2, -0.15) is 5.26 Å². The van der Waals surface area contributed by atoms with Crippen molar-refractivity contribution < 1.29 is 19.6 Å². The van der Waals surface area contributed by atoms with Gasteiger partial charge in [-0.05, 0) is 12.1 Å². The van der Waals surface area contributed by atoms with Crippen molar-refractivity contribution in [2.24, 2.45) is 0 Å². The second-order valence-electron chi connectivity index (χ2n) is 2.93. The molecule has 0 saturated carbocycles. The van der Waals surface area contributed by atoms with Crippen LogP contribution in [0.15, 0.2) is 30.6 Å². The van der Waals surface area contributed by atoms with E-state index in [4.69, 9.17) is 36.9 Å². The molecule has 0 aliphatic rings. The summed E-state index contributed by atoms with van der Waals surface area (Å²) in [4.78, 5) is 31.3. The smallest absolute Gasteiger partial charge is 0.290 e. The molecule has 0 atom stereocenters. The van der Waals surface area contributed by atoms with Crippen molar-refractivity contribution in [3.8, 4) is 6.07 Å². The van der Waals surface area contributed by atoms with Gasteiger partial charge in [0.1, 0.15) is 5.88 Å². The third-order valence-corrected chi connectivity index (χ3v) is 0.957. The molecule has 1 rings (SSSR count). The van der Waals surface area contributed by atoms with Gasteiger partial charge in [-0.25, -0.2) is 0 Å². The highest BCUT2D eigenvalue weighted by molar-refractivity contribution is 6.19. The Morgan fingerprint density at radius 2 is 1.64 bits per heavy atom. The SMILES string of the molecule is CN(C)C=O.C[N+](=O)[O-].N#CCCl.O=CO.c1ccncc1. The summed E-state index contributed by atoms with van der Waals surface area (Å²) >= 11 is 4.82. The Hall–Kier alpha value is -2.73. The van der Waals surface area contributed by atoms with Crippen molar-refractivity contribution in [2.45, 2.75) is 0 Å². The molecule has 1 aromatic heterocycles. The second-order valence-corrected chi connectivity index (χ2v) is 3.20. The van der Waals surface area contributed by atoms with Gasteiger partial charge in [0.25, 0.3) is 6.47 Å². The number of halogens is 1. The lowest BCUT2D eigenvalue weighted by Crippen LogP contribution is -2.06. The van der Waals surface area contributed by atoms with Gasteiger partial charge in [0.15, 0.2) is 7.05 Å². The van der Waals surface area contributed by atoms with Crippen LogP contribution >= 0.6 is 11.6 Å². The number of nitro groups is 1. The monoisotopic (exact) mass is 334 g/mol. The number of rotatable bonds is 1. The van der Waals surface area contributed by atoms with E-state index in [9.17, 15) is 4.79 Å². The lowest BCUT2D eigenvalue weighted by Gasteiger charge is -1.93. The zero-order chi connectivity index (χ0) is 18.2. The normalized spacial score (nSPS) is 6.32. The molecule has 124 valence electrons. The van der Waals surface area contributed by atoms with Gasteiger partial charge in [0, 0.05) is 31.4 Å². The number of carbonyl (C=O) groups excluding carboxylic acids is 1. The van der Waals surface area contributed by atoms with E-state index < -0.39 is 4.92 Å². The molecule has 22 heavy (non-hydrogen) atoms. The van der Waals surface area contributed by atoms with E-state index in [1.807, 2.05) is 18.2 Å². The van der Waals surface area contributed by atoms with Crippen LogP contribution < -0.4 is 0 Å². The number of amides is 1. The Kier molecular flexibility index (Phi) is 38.8. The number of nitriles is 1. The van der Waals surface area contributed by atoms with Crippen LogP contribution in [0.5, 0.6) is 0 Å². The van der Waals surface area contributed by atoms with Gasteiger partial charge in [0.05, 0.1) is 6.07 Å². The summed E-state index contributed by atoms with van der Waals surface area (Å²) in [7, 11) is 4.26. The molecular formula is C12H19ClN4O5. The maximum absolute atomic E-state index is 9.43. The molecule has 0 aromatic carbocycles. The molecule has 0 bridgehead atoms. The fraction of sp³-hybridized carbons (Fsp3) is 0.333. The molecule has 9 nitrogen and oxygen atoms in total. The van der Waals surface area contributed by atoms with E-state index in [-0.39, 0.29) is 12.4 Å². The summed E-state index contributed by atoms with van der Waals surface area (Å²) in [5.74, 6) is 0.0972. The largest absolute Gasteiger partial charge is 0.483 e. The van der Waals surface area contributed by atoms with E-state index in [1.165, 1.54) is 4.90 Å². The van der Waals surface area contributed by atoms with Crippen LogP contribution in [0.4, 0.5) is 0 Å². The summed E-state index contributed by atoms with van der Waals surface area (Å²) < 4.78 is 0. The lowest BCUT2D eigenvalue weighted by molar-refractivity contribution is -0.445. The molecular weight excluding hydrogens is 316 g/mol. The topological polar surface area (TPSA) is 137 Å². The number of hydrogen-bond donors (Lipinski definition) is 1. The molecule has 1 amide bonds. The summed E-state index contributed by atoms with van der Waals surface area (Å²) in [5, 5.41) is 23.2. The molecule has 0 aliphatic carbocycles. The number of carboxylic acid groups (broad SMARTS) is 1. The predicted octanol–water partition coefficient (Wildman–Crippen LogP) is 1.13. The number of aromatic nitrogens is 1. The molecule has 1 heterocycles. The Labute approximate surface area is 133 Å². The summed E-state index contributed by atoms with van der Waals surface area (Å²) in [6.45, 7) is -0.250. The van der Waals surface area contributed by atoms with E-state index >= 15 is 0 Å². The number of pyridine rings is 1. The van der Waals surface area contributed by atoms with Gasteiger partial charge in [-0.1, -0.05) is 6.07 Å². The molecule has 0 radical (unpaired) electrons. The average Bonchev–Trinajstić information content (AvgIpc) is 2.50. The minimum absolute atomic E-state index is 0.0972. The molecule has 0 spiro atoms. The molecule has 10 heteroatoms. The fourth-order valence-corrected chi connectivity index (χ4v) is 0.313. The Morgan fingerprint density at radius 3 is 1.68 bits per heavy atom. The highest BCUT2D eigenvalue weighted by atomic mass is 35.5. The zero-order valence-electron chi connectivity index (χ0n) is 12.5. The van der Waals surface area contributed by atoms with Crippen molar-refractivity contribution in [1.29, 1.82) is 5.26 Å². The van der Waals surface area contributed by atoms with E-state index in [0.29, 0.717) is 0 Å². The third kappa shape index (κ3) is 116. The van der Waals surface area contributed by atoms with Gasteiger partial charge < -0.3 is 10.0 Å². The molecule has 0 fully saturated rings. The first-order valence-electron chi connectivity index (χ1n) is 5.39. The Balaban J connectivity index is -0.0000000944. The van der Waals surface area contributed by atoms with Gasteiger partial charge >= 0.3 is 0 Å². The first kappa shape index (κ1) is 27.6. The van der Waals surface area contributed by atoms with Crippen LogP contribution in [0.1, 0.15) is 0 Å². The summed E-state index contributed by atoms with van der Waals surface area (Å²) in [6.07, 6.45) is 4.25. The van der Waals surface area contributed by atoms with Crippen LogP contribution in [0.2, 0.25) is 0 Å². The standard InChI is InChI=1S/C5H5N.C3H7NO.C2H2ClN.CH3NO2.CH2O2/c1-2-4-6-5-3-1;1-4(2)3-5;3-1-2-4;1-2(3)4;2-1-3/h1-5H;3H,1-2H3;1H2;1H3;1H,(H,2,3). The highest BCUT2D eigenvalue weighted by Gasteiger charge is 1.68. The first-order valence-corrected chi connectivity index (χ1v) is 5.92. The van der Waals surface area contributed by atoms with Gasteiger partial charge in [-0.15, -0.1) is 11.6 Å². The fourth-order valence-electron chi connectivity index (χ4n) is 0.313. The van der Waals surface area contributed by atoms with Crippen molar-refractivity contribution in [1.82, 2.24) is 9.88 Å². The van der Waals surface area contributed by atoms with E-state index in [0.717, 1.165) is 13.5 Å². The number of alkyl halides is 1. The average molecular weight is 335 g/mol. The quantitative estimate of drug-likeness (QED) is 0.351. The van der Waals surface area contributed by atoms with Crippen molar-refractivity contribution in [3.63, 3.8) is 0 Å². The van der Waals surface area contributed by atoms with E-state index in [1.54, 1.807) is 32.6 Å². The van der Waals surface area contributed by atoms with Crippen molar-refractivity contribution in [2.75, 3.05) is 27.0 Å². The van der Waals surface area contributed by atoms with Crippen LogP contribution in [-0.2, 0) is 9.59 Å². The number of nitrogens with zero attached hydrogens (tertiary/aromatic N) is 4. The third-order valence-electron chi connectivity index (χ3n) is 0.837. The maximum Gasteiger partial charge on any atom is 0.290 e. The molecule has 0 saturated heterocycles. The molecule has 1 aromatic rings. The maximum atomic E-state index is 9.43. The molecule has 0 aliphatic heterocycles. The molecule has 0 unspecified atom stereocenters. The molecule has 1 N–H and O–H groups in total. The Morgan fingerprint density at radius 1 is 1.36 bits per heavy atom.